The van der Waals surface area contributed by atoms with Gasteiger partial charge < -0.3 is 24.7 Å². The van der Waals surface area contributed by atoms with Crippen LogP contribution in [0.4, 0.5) is 11.4 Å². The minimum Gasteiger partial charge on any atom is -0.467 e. The lowest BCUT2D eigenvalue weighted by Gasteiger charge is -2.30. The van der Waals surface area contributed by atoms with E-state index in [1.807, 2.05) is 24.3 Å². The molecule has 1 aromatic carbocycles. The van der Waals surface area contributed by atoms with Crippen molar-refractivity contribution in [2.45, 2.75) is 13.0 Å². The number of anilines is 2. The number of nitrogens with one attached hydrogen (secondary N) is 2. The number of furan rings is 1. The van der Waals surface area contributed by atoms with Crippen molar-refractivity contribution in [1.82, 2.24) is 5.32 Å². The number of benzene rings is 1. The standard InChI is InChI=1S/C20H23N3O4/c24-19(21-13-14-4-3-9-27-14)15-12-16(15)20(25)22-17-5-1-2-6-18(17)23-7-10-26-11-8-23/h1-6,9,15-16H,7-8,10-13H2,(H,21,24)(H,22,25). The summed E-state index contributed by atoms with van der Waals surface area (Å²) >= 11 is 0. The van der Waals surface area contributed by atoms with Crippen LogP contribution in [0.2, 0.25) is 0 Å². The summed E-state index contributed by atoms with van der Waals surface area (Å²) in [6.07, 6.45) is 2.15. The van der Waals surface area contributed by atoms with Gasteiger partial charge in [0.2, 0.25) is 11.8 Å². The summed E-state index contributed by atoms with van der Waals surface area (Å²) in [5.74, 6) is -0.0545. The quantitative estimate of drug-likeness (QED) is 0.814. The Morgan fingerprint density at radius 1 is 1.04 bits per heavy atom. The monoisotopic (exact) mass is 369 g/mol. The van der Waals surface area contributed by atoms with Crippen LogP contribution < -0.4 is 15.5 Å². The van der Waals surface area contributed by atoms with Gasteiger partial charge in [-0.15, -0.1) is 0 Å². The zero-order valence-electron chi connectivity index (χ0n) is 15.0. The summed E-state index contributed by atoms with van der Waals surface area (Å²) in [5.41, 5.74) is 1.78. The highest BCUT2D eigenvalue weighted by atomic mass is 16.5. The molecule has 2 heterocycles. The lowest BCUT2D eigenvalue weighted by atomic mass is 10.2. The Morgan fingerprint density at radius 3 is 2.59 bits per heavy atom. The number of morpholine rings is 1. The number of carbonyl (C=O) groups excluding carboxylic acids is 2. The van der Waals surface area contributed by atoms with E-state index in [-0.39, 0.29) is 23.7 Å². The zero-order valence-corrected chi connectivity index (χ0v) is 15.0. The average Bonchev–Trinajstić information content (AvgIpc) is 3.35. The molecule has 27 heavy (non-hydrogen) atoms. The van der Waals surface area contributed by atoms with Crippen LogP contribution in [-0.4, -0.2) is 38.1 Å². The number of carbonyl (C=O) groups is 2. The molecule has 2 aliphatic rings. The Morgan fingerprint density at radius 2 is 1.81 bits per heavy atom. The first-order valence-electron chi connectivity index (χ1n) is 9.25. The highest BCUT2D eigenvalue weighted by Gasteiger charge is 2.48. The van der Waals surface area contributed by atoms with Gasteiger partial charge in [0.25, 0.3) is 0 Å². The normalized spacial score (nSPS) is 21.6. The van der Waals surface area contributed by atoms with Gasteiger partial charge in [-0.2, -0.15) is 0 Å². The molecular weight excluding hydrogens is 346 g/mol. The van der Waals surface area contributed by atoms with E-state index < -0.39 is 0 Å². The first-order chi connectivity index (χ1) is 13.2. The van der Waals surface area contributed by atoms with E-state index in [9.17, 15) is 9.59 Å². The topological polar surface area (TPSA) is 83.8 Å². The highest BCUT2D eigenvalue weighted by Crippen LogP contribution is 2.40. The number of nitrogens with zero attached hydrogens (tertiary/aromatic N) is 1. The SMILES string of the molecule is O=C(NCc1ccco1)C1CC1C(=O)Nc1ccccc1N1CCOCC1. The molecule has 7 nitrogen and oxygen atoms in total. The predicted octanol–water partition coefficient (Wildman–Crippen LogP) is 2.01. The van der Waals surface area contributed by atoms with Crippen LogP contribution >= 0.6 is 0 Å². The molecule has 2 N–H and O–H groups in total. The van der Waals surface area contributed by atoms with Gasteiger partial charge in [-0.3, -0.25) is 9.59 Å². The maximum atomic E-state index is 12.6. The van der Waals surface area contributed by atoms with Gasteiger partial charge in [0.15, 0.2) is 0 Å². The predicted molar refractivity (Wildman–Crippen MR) is 100 cm³/mol. The molecule has 2 unspecified atom stereocenters. The second kappa shape index (κ2) is 7.84. The first-order valence-corrected chi connectivity index (χ1v) is 9.25. The minimum absolute atomic E-state index is 0.103. The fourth-order valence-electron chi connectivity index (χ4n) is 3.38. The molecule has 0 radical (unpaired) electrons. The Bertz CT molecular complexity index is 799. The van der Waals surface area contributed by atoms with Crippen LogP contribution in [0.15, 0.2) is 47.1 Å². The summed E-state index contributed by atoms with van der Waals surface area (Å²) in [4.78, 5) is 27.0. The van der Waals surface area contributed by atoms with Gasteiger partial charge in [-0.1, -0.05) is 12.1 Å². The van der Waals surface area contributed by atoms with Gasteiger partial charge in [-0.05, 0) is 30.7 Å². The fourth-order valence-corrected chi connectivity index (χ4v) is 3.38. The van der Waals surface area contributed by atoms with Gasteiger partial charge in [0.05, 0.1) is 49.2 Å². The summed E-state index contributed by atoms with van der Waals surface area (Å²) < 4.78 is 10.6. The third-order valence-electron chi connectivity index (χ3n) is 4.99. The van der Waals surface area contributed by atoms with E-state index in [0.717, 1.165) is 24.5 Å². The van der Waals surface area contributed by atoms with Crippen molar-refractivity contribution in [3.63, 3.8) is 0 Å². The molecule has 0 bridgehead atoms. The minimum atomic E-state index is -0.278. The molecular formula is C20H23N3O4. The zero-order chi connectivity index (χ0) is 18.6. The van der Waals surface area contributed by atoms with Crippen LogP contribution in [0.1, 0.15) is 12.2 Å². The van der Waals surface area contributed by atoms with Crippen molar-refractivity contribution in [1.29, 1.82) is 0 Å². The number of hydrogen-bond acceptors (Lipinski definition) is 5. The van der Waals surface area contributed by atoms with Crippen LogP contribution in [0.5, 0.6) is 0 Å². The maximum absolute atomic E-state index is 12.6. The van der Waals surface area contributed by atoms with E-state index in [1.165, 1.54) is 0 Å². The van der Waals surface area contributed by atoms with Crippen LogP contribution in [0.3, 0.4) is 0 Å². The molecule has 1 saturated heterocycles. The third-order valence-corrected chi connectivity index (χ3v) is 4.99. The van der Waals surface area contributed by atoms with Gasteiger partial charge in [0, 0.05) is 13.1 Å². The van der Waals surface area contributed by atoms with E-state index in [2.05, 4.69) is 15.5 Å². The smallest absolute Gasteiger partial charge is 0.228 e. The Balaban J connectivity index is 1.33. The molecule has 2 fully saturated rings. The first kappa shape index (κ1) is 17.6. The second-order valence-corrected chi connectivity index (χ2v) is 6.85. The number of ether oxygens (including phenoxy) is 1. The largest absolute Gasteiger partial charge is 0.467 e. The third kappa shape index (κ3) is 4.14. The van der Waals surface area contributed by atoms with Crippen molar-refractivity contribution in [2.24, 2.45) is 11.8 Å². The molecule has 1 aliphatic heterocycles. The van der Waals surface area contributed by atoms with E-state index in [0.29, 0.717) is 31.9 Å². The Labute approximate surface area is 157 Å². The van der Waals surface area contributed by atoms with Gasteiger partial charge in [0.1, 0.15) is 5.76 Å². The number of hydrogen-bond donors (Lipinski definition) is 2. The fraction of sp³-hybridized carbons (Fsp3) is 0.400. The van der Waals surface area contributed by atoms with E-state index >= 15 is 0 Å². The van der Waals surface area contributed by atoms with Gasteiger partial charge >= 0.3 is 0 Å². The van der Waals surface area contributed by atoms with Crippen LogP contribution in [-0.2, 0) is 20.9 Å². The molecule has 1 aliphatic carbocycles. The van der Waals surface area contributed by atoms with Gasteiger partial charge in [-0.25, -0.2) is 0 Å². The second-order valence-electron chi connectivity index (χ2n) is 6.85. The van der Waals surface area contributed by atoms with Crippen molar-refractivity contribution in [3.8, 4) is 0 Å². The highest BCUT2D eigenvalue weighted by molar-refractivity contribution is 6.01. The molecule has 2 aromatic rings. The molecule has 2 atom stereocenters. The number of amides is 2. The summed E-state index contributed by atoms with van der Waals surface area (Å²) in [7, 11) is 0. The molecule has 1 saturated carbocycles. The molecule has 2 amide bonds. The van der Waals surface area contributed by atoms with E-state index in [1.54, 1.807) is 18.4 Å². The van der Waals surface area contributed by atoms with Crippen molar-refractivity contribution in [3.05, 3.63) is 48.4 Å². The molecule has 142 valence electrons. The summed E-state index contributed by atoms with van der Waals surface area (Å²) in [6, 6.07) is 11.3. The van der Waals surface area contributed by atoms with Crippen molar-refractivity contribution >= 4 is 23.2 Å². The molecule has 1 aromatic heterocycles. The van der Waals surface area contributed by atoms with Crippen molar-refractivity contribution < 1.29 is 18.7 Å². The Kier molecular flexibility index (Phi) is 5.11. The molecule has 7 heteroatoms. The number of para-hydroxylation sites is 2. The number of rotatable bonds is 6. The lowest BCUT2D eigenvalue weighted by molar-refractivity contribution is -0.125. The lowest BCUT2D eigenvalue weighted by Crippen LogP contribution is -2.36. The van der Waals surface area contributed by atoms with Crippen LogP contribution in [0.25, 0.3) is 0 Å². The van der Waals surface area contributed by atoms with Crippen LogP contribution in [0, 0.1) is 11.8 Å². The maximum Gasteiger partial charge on any atom is 0.228 e. The Hall–Kier alpha value is -2.80. The average molecular weight is 369 g/mol. The molecule has 0 spiro atoms. The van der Waals surface area contributed by atoms with E-state index in [4.69, 9.17) is 9.15 Å². The van der Waals surface area contributed by atoms with Crippen molar-refractivity contribution in [2.75, 3.05) is 36.5 Å². The summed E-state index contributed by atoms with van der Waals surface area (Å²) in [6.45, 7) is 3.31. The molecule has 4 rings (SSSR count). The summed E-state index contributed by atoms with van der Waals surface area (Å²) in [5, 5.41) is 5.83.